The predicted molar refractivity (Wildman–Crippen MR) is 400 cm³/mol. The molecule has 0 aromatic heterocycles. The summed E-state index contributed by atoms with van der Waals surface area (Å²) in [6, 6.07) is 96.7. The van der Waals surface area contributed by atoms with E-state index < -0.39 is 5.41 Å². The lowest BCUT2D eigenvalue weighted by Crippen LogP contribution is -2.26. The Hall–Kier alpha value is -9.50. The molecule has 0 N–H and O–H groups in total. The Kier molecular flexibility index (Phi) is 15.1. The van der Waals surface area contributed by atoms with Crippen molar-refractivity contribution in [1.29, 1.82) is 0 Å². The quantitative estimate of drug-likeness (QED) is 0.0796. The van der Waals surface area contributed by atoms with Crippen molar-refractivity contribution in [2.75, 3.05) is 9.80 Å². The van der Waals surface area contributed by atoms with Crippen LogP contribution in [0.25, 0.3) is 66.4 Å². The fourth-order valence-electron chi connectivity index (χ4n) is 18.1. The first kappa shape index (κ1) is 59.5. The van der Waals surface area contributed by atoms with Crippen LogP contribution in [0.5, 0.6) is 0 Å². The highest BCUT2D eigenvalue weighted by atomic mass is 15.1. The van der Waals surface area contributed by atoms with E-state index in [1.54, 1.807) is 0 Å². The van der Waals surface area contributed by atoms with Gasteiger partial charge in [0.2, 0.25) is 0 Å². The highest BCUT2D eigenvalue weighted by Crippen LogP contribution is 2.64. The molecular weight excluding hydrogens is 1130 g/mol. The summed E-state index contributed by atoms with van der Waals surface area (Å²) in [7, 11) is 0. The summed E-state index contributed by atoms with van der Waals surface area (Å²) in [6.45, 7) is 16.4. The Morgan fingerprint density at radius 2 is 0.606 bits per heavy atom. The van der Waals surface area contributed by atoms with E-state index in [4.69, 9.17) is 0 Å². The maximum atomic E-state index is 2.64. The molecule has 0 bridgehead atoms. The zero-order valence-corrected chi connectivity index (χ0v) is 56.1. The van der Waals surface area contributed by atoms with E-state index in [2.05, 4.69) is 307 Å². The molecule has 464 valence electrons. The number of aryl methyl sites for hydroxylation is 3. The van der Waals surface area contributed by atoms with Crippen LogP contribution in [-0.4, -0.2) is 0 Å². The Labute approximate surface area is 558 Å². The zero-order valence-electron chi connectivity index (χ0n) is 56.1. The van der Waals surface area contributed by atoms with Gasteiger partial charge in [-0.3, -0.25) is 0 Å². The number of hydrogen-bond acceptors (Lipinski definition) is 2. The fourth-order valence-corrected chi connectivity index (χ4v) is 18.1. The van der Waals surface area contributed by atoms with Crippen LogP contribution in [0.1, 0.15) is 166 Å². The number of fused-ring (bicyclic) bond motifs is 17. The third-order valence-corrected chi connectivity index (χ3v) is 22.5. The van der Waals surface area contributed by atoms with Crippen molar-refractivity contribution in [3.8, 4) is 55.6 Å². The maximum absolute atomic E-state index is 2.64. The molecule has 1 spiro atoms. The van der Waals surface area contributed by atoms with Crippen LogP contribution < -0.4 is 9.80 Å². The SMILES string of the molecule is CCCCC1(CCCC)c2cc(C)ccc2-c2ccc(N(c3ccc(-c4ccc(N(c5ccc6c(c5)-c5ccccc5C65c6ccccc6-c6ccccc65)c5ccc6ccccc6c5)cc4)c(C)c3)c3ccc4c(c3)C(CCCC)(CCCC)c3cc(C)ccc3-4)cc21. The normalized spacial score (nSPS) is 14.2. The van der Waals surface area contributed by atoms with Gasteiger partial charge < -0.3 is 9.80 Å². The maximum Gasteiger partial charge on any atom is 0.0725 e. The molecule has 0 saturated carbocycles. The summed E-state index contributed by atoms with van der Waals surface area (Å²) in [5.74, 6) is 0. The van der Waals surface area contributed by atoms with Gasteiger partial charge in [0.05, 0.1) is 5.41 Å². The molecule has 16 rings (SSSR count). The molecule has 12 aromatic rings. The number of hydrogen-bond donors (Lipinski definition) is 0. The zero-order chi connectivity index (χ0) is 63.9. The van der Waals surface area contributed by atoms with E-state index in [-0.39, 0.29) is 10.8 Å². The lowest BCUT2D eigenvalue weighted by Gasteiger charge is -2.35. The number of anilines is 6. The smallest absolute Gasteiger partial charge is 0.0725 e. The van der Waals surface area contributed by atoms with Crippen LogP contribution in [0.3, 0.4) is 0 Å². The van der Waals surface area contributed by atoms with Gasteiger partial charge in [-0.15, -0.1) is 0 Å². The van der Waals surface area contributed by atoms with E-state index in [0.29, 0.717) is 0 Å². The molecule has 0 fully saturated rings. The van der Waals surface area contributed by atoms with Gasteiger partial charge in [0.1, 0.15) is 0 Å². The van der Waals surface area contributed by atoms with Crippen LogP contribution in [0.15, 0.2) is 249 Å². The molecule has 12 aromatic carbocycles. The molecule has 2 nitrogen and oxygen atoms in total. The van der Waals surface area contributed by atoms with Gasteiger partial charge >= 0.3 is 0 Å². The highest BCUT2D eigenvalue weighted by Gasteiger charge is 2.52. The van der Waals surface area contributed by atoms with Gasteiger partial charge in [0, 0.05) is 45.0 Å². The number of nitrogens with zero attached hydrogens (tertiary/aromatic N) is 2. The molecule has 94 heavy (non-hydrogen) atoms. The van der Waals surface area contributed by atoms with Crippen LogP contribution in [0, 0.1) is 20.8 Å². The molecule has 4 aliphatic carbocycles. The first-order valence-corrected chi connectivity index (χ1v) is 35.4. The molecule has 0 amide bonds. The van der Waals surface area contributed by atoms with E-state index in [0.717, 1.165) is 42.7 Å². The average Bonchev–Trinajstić information content (AvgIpc) is 1.51. The minimum Gasteiger partial charge on any atom is -0.310 e. The van der Waals surface area contributed by atoms with Gasteiger partial charge in [0.25, 0.3) is 0 Å². The van der Waals surface area contributed by atoms with Crippen molar-refractivity contribution in [3.05, 3.63) is 310 Å². The van der Waals surface area contributed by atoms with Crippen molar-refractivity contribution in [2.24, 2.45) is 0 Å². The van der Waals surface area contributed by atoms with Gasteiger partial charge in [-0.05, 0) is 236 Å². The number of unbranched alkanes of at least 4 members (excludes halogenated alkanes) is 4. The second-order valence-electron chi connectivity index (χ2n) is 28.0. The largest absolute Gasteiger partial charge is 0.310 e. The fraction of sp³-hybridized carbons (Fsp3) is 0.239. The number of rotatable bonds is 19. The Morgan fingerprint density at radius 1 is 0.255 bits per heavy atom. The Bertz CT molecular complexity index is 4730. The minimum atomic E-state index is -0.403. The average molecular weight is 1220 g/mol. The molecule has 4 aliphatic rings. The van der Waals surface area contributed by atoms with Gasteiger partial charge in [-0.2, -0.15) is 0 Å². The van der Waals surface area contributed by atoms with E-state index in [1.807, 2.05) is 0 Å². The van der Waals surface area contributed by atoms with Gasteiger partial charge in [-0.1, -0.05) is 266 Å². The van der Waals surface area contributed by atoms with Crippen molar-refractivity contribution in [3.63, 3.8) is 0 Å². The van der Waals surface area contributed by atoms with Crippen molar-refractivity contribution in [1.82, 2.24) is 0 Å². The van der Waals surface area contributed by atoms with Crippen LogP contribution in [-0.2, 0) is 16.2 Å². The van der Waals surface area contributed by atoms with Crippen LogP contribution >= 0.6 is 0 Å². The molecule has 0 saturated heterocycles. The van der Waals surface area contributed by atoms with E-state index in [9.17, 15) is 0 Å². The summed E-state index contributed by atoms with van der Waals surface area (Å²) in [5, 5.41) is 2.45. The molecule has 0 aliphatic heterocycles. The van der Waals surface area contributed by atoms with Crippen molar-refractivity contribution >= 4 is 44.9 Å². The second kappa shape index (κ2) is 23.8. The van der Waals surface area contributed by atoms with E-state index in [1.165, 1.54) is 196 Å². The molecular formula is C92H86N2. The first-order chi connectivity index (χ1) is 46.1. The molecule has 0 unspecified atom stereocenters. The summed E-state index contributed by atoms with van der Waals surface area (Å²) in [5.41, 5.74) is 35.3. The first-order valence-electron chi connectivity index (χ1n) is 35.4. The molecule has 0 radical (unpaired) electrons. The highest BCUT2D eigenvalue weighted by molar-refractivity contribution is 5.98. The third-order valence-electron chi connectivity index (χ3n) is 22.5. The lowest BCUT2D eigenvalue weighted by atomic mass is 9.70. The summed E-state index contributed by atoms with van der Waals surface area (Å²) >= 11 is 0. The lowest BCUT2D eigenvalue weighted by molar-refractivity contribution is 0.414. The molecule has 0 atom stereocenters. The Morgan fingerprint density at radius 3 is 1.11 bits per heavy atom. The van der Waals surface area contributed by atoms with Crippen LogP contribution in [0.2, 0.25) is 0 Å². The van der Waals surface area contributed by atoms with Crippen molar-refractivity contribution in [2.45, 2.75) is 142 Å². The van der Waals surface area contributed by atoms with Crippen LogP contribution in [0.4, 0.5) is 34.1 Å². The standard InChI is InChI=1S/C92H86N2/c1-8-12-50-90(51-13-9-2)86-54-61(5)32-44-77(86)79-47-41-71(59-88(79)90)94(72-42-48-80-78-45-33-62(6)55-87(78)91(52-14-10-3,53-15-11-4)89(80)60-72)68-40-46-73(63(7)56-68)65-35-37-67(38-36-65)93(69-39-34-64-24-16-17-25-66(64)57-69)70-43-49-85-81(58-70)76-28-20-23-31-84(76)92(85)82-29-21-18-26-74(82)75-27-19-22-30-83(75)92/h16-49,54-60H,8-15,50-53H2,1-7H3. The molecule has 2 heteroatoms. The second-order valence-corrected chi connectivity index (χ2v) is 28.0. The van der Waals surface area contributed by atoms with Gasteiger partial charge in [0.15, 0.2) is 0 Å². The van der Waals surface area contributed by atoms with E-state index >= 15 is 0 Å². The Balaban J connectivity index is 0.823. The minimum absolute atomic E-state index is 0.0444. The van der Waals surface area contributed by atoms with Crippen molar-refractivity contribution < 1.29 is 0 Å². The summed E-state index contributed by atoms with van der Waals surface area (Å²) < 4.78 is 0. The van der Waals surface area contributed by atoms with Gasteiger partial charge in [-0.25, -0.2) is 0 Å². The summed E-state index contributed by atoms with van der Waals surface area (Å²) in [4.78, 5) is 5.10. The summed E-state index contributed by atoms with van der Waals surface area (Å²) in [6.07, 6.45) is 14.1. The monoisotopic (exact) mass is 1220 g/mol. The third kappa shape index (κ3) is 9.24. The predicted octanol–water partition coefficient (Wildman–Crippen LogP) is 26.0. The molecule has 0 heterocycles. The number of benzene rings is 12. The topological polar surface area (TPSA) is 6.48 Å².